The highest BCUT2D eigenvalue weighted by Gasteiger charge is 2.21. The Kier molecular flexibility index (Phi) is 4.81. The molecule has 4 bridgehead atoms. The fourth-order valence-corrected chi connectivity index (χ4v) is 3.87. The largest absolute Gasteiger partial charge is 0.494 e. The normalized spacial score (nSPS) is 19.9. The second-order valence-electron chi connectivity index (χ2n) is 7.47. The van der Waals surface area contributed by atoms with Crippen LogP contribution in [0.2, 0.25) is 0 Å². The Hall–Kier alpha value is -3.06. The SMILES string of the molecule is O=C1COc2cc(cc(C3CCOC3)c2)-c2n[nH]c3ccc(cc23)OCCCN1. The number of nitrogens with one attached hydrogen (secondary N) is 2. The fraction of sp³-hybridized carbons (Fsp3) is 0.364. The summed E-state index contributed by atoms with van der Waals surface area (Å²) in [7, 11) is 0. The van der Waals surface area contributed by atoms with Gasteiger partial charge in [-0.1, -0.05) is 0 Å². The Morgan fingerprint density at radius 3 is 2.90 bits per heavy atom. The first-order valence-electron chi connectivity index (χ1n) is 10.00. The van der Waals surface area contributed by atoms with Crippen molar-refractivity contribution in [1.29, 1.82) is 0 Å². The average molecular weight is 393 g/mol. The van der Waals surface area contributed by atoms with E-state index < -0.39 is 0 Å². The molecule has 3 aromatic rings. The first kappa shape index (κ1) is 18.0. The van der Waals surface area contributed by atoms with Crippen molar-refractivity contribution in [2.75, 3.05) is 33.0 Å². The van der Waals surface area contributed by atoms with Crippen molar-refractivity contribution in [3.63, 3.8) is 0 Å². The average Bonchev–Trinajstić information content (AvgIpc) is 3.41. The van der Waals surface area contributed by atoms with Gasteiger partial charge in [0, 0.05) is 30.0 Å². The molecule has 1 unspecified atom stereocenters. The maximum absolute atomic E-state index is 12.1. The van der Waals surface area contributed by atoms with Gasteiger partial charge in [0.05, 0.1) is 18.7 Å². The molecule has 0 aliphatic carbocycles. The van der Waals surface area contributed by atoms with Crippen LogP contribution in [0.3, 0.4) is 0 Å². The molecule has 0 spiro atoms. The van der Waals surface area contributed by atoms with Crippen molar-refractivity contribution in [3.8, 4) is 22.8 Å². The summed E-state index contributed by atoms with van der Waals surface area (Å²) < 4.78 is 17.3. The molecule has 2 aliphatic heterocycles. The predicted molar refractivity (Wildman–Crippen MR) is 108 cm³/mol. The lowest BCUT2D eigenvalue weighted by Gasteiger charge is -2.14. The summed E-state index contributed by atoms with van der Waals surface area (Å²) in [6.45, 7) is 2.52. The Morgan fingerprint density at radius 2 is 2.00 bits per heavy atom. The van der Waals surface area contributed by atoms with Crippen molar-refractivity contribution in [2.24, 2.45) is 0 Å². The second-order valence-corrected chi connectivity index (χ2v) is 7.47. The minimum atomic E-state index is -0.140. The molecule has 7 nitrogen and oxygen atoms in total. The molecule has 1 amide bonds. The monoisotopic (exact) mass is 393 g/mol. The van der Waals surface area contributed by atoms with Crippen molar-refractivity contribution in [1.82, 2.24) is 15.5 Å². The van der Waals surface area contributed by atoms with Gasteiger partial charge < -0.3 is 19.5 Å². The van der Waals surface area contributed by atoms with E-state index >= 15 is 0 Å². The van der Waals surface area contributed by atoms with E-state index in [0.717, 1.165) is 52.9 Å². The topological polar surface area (TPSA) is 85.5 Å². The van der Waals surface area contributed by atoms with Crippen LogP contribution >= 0.6 is 0 Å². The van der Waals surface area contributed by atoms with Gasteiger partial charge in [-0.25, -0.2) is 0 Å². The van der Waals surface area contributed by atoms with E-state index in [-0.39, 0.29) is 12.5 Å². The molecule has 2 aromatic carbocycles. The fourth-order valence-electron chi connectivity index (χ4n) is 3.87. The molecule has 0 radical (unpaired) electrons. The van der Waals surface area contributed by atoms with Crippen LogP contribution in [0.25, 0.3) is 22.2 Å². The molecular formula is C22H23N3O4. The van der Waals surface area contributed by atoms with Gasteiger partial charge in [0.25, 0.3) is 5.91 Å². The van der Waals surface area contributed by atoms with Gasteiger partial charge in [-0.2, -0.15) is 5.10 Å². The summed E-state index contributed by atoms with van der Waals surface area (Å²) >= 11 is 0. The molecule has 2 aliphatic rings. The smallest absolute Gasteiger partial charge is 0.257 e. The molecule has 1 aromatic heterocycles. The highest BCUT2D eigenvalue weighted by Crippen LogP contribution is 2.35. The van der Waals surface area contributed by atoms with E-state index in [1.807, 2.05) is 30.3 Å². The number of ether oxygens (including phenoxy) is 3. The first-order chi connectivity index (χ1) is 14.3. The number of fused-ring (bicyclic) bond motifs is 4. The molecule has 150 valence electrons. The molecule has 1 atom stereocenters. The van der Waals surface area contributed by atoms with Gasteiger partial charge in [-0.3, -0.25) is 9.89 Å². The number of nitrogens with zero attached hydrogens (tertiary/aromatic N) is 1. The highest BCUT2D eigenvalue weighted by molar-refractivity contribution is 5.94. The summed E-state index contributed by atoms with van der Waals surface area (Å²) in [4.78, 5) is 12.1. The zero-order valence-electron chi connectivity index (χ0n) is 16.1. The number of carbonyl (C=O) groups is 1. The molecule has 0 saturated carbocycles. The Bertz CT molecular complexity index is 1040. The van der Waals surface area contributed by atoms with Crippen LogP contribution in [-0.4, -0.2) is 49.1 Å². The number of aromatic amines is 1. The van der Waals surface area contributed by atoms with Crippen LogP contribution in [0.5, 0.6) is 11.5 Å². The summed E-state index contributed by atoms with van der Waals surface area (Å²) in [6.07, 6.45) is 1.70. The minimum Gasteiger partial charge on any atom is -0.494 e. The maximum Gasteiger partial charge on any atom is 0.257 e. The third-order valence-corrected chi connectivity index (χ3v) is 5.42. The number of H-pyrrole nitrogens is 1. The van der Waals surface area contributed by atoms with Crippen molar-refractivity contribution in [2.45, 2.75) is 18.8 Å². The Morgan fingerprint density at radius 1 is 1.03 bits per heavy atom. The molecule has 29 heavy (non-hydrogen) atoms. The molecule has 3 heterocycles. The van der Waals surface area contributed by atoms with E-state index in [9.17, 15) is 4.79 Å². The molecule has 5 rings (SSSR count). The zero-order chi connectivity index (χ0) is 19.6. The van der Waals surface area contributed by atoms with Crippen molar-refractivity contribution >= 4 is 16.8 Å². The highest BCUT2D eigenvalue weighted by atomic mass is 16.5. The van der Waals surface area contributed by atoms with E-state index in [0.29, 0.717) is 31.4 Å². The van der Waals surface area contributed by atoms with Crippen LogP contribution in [0.1, 0.15) is 24.3 Å². The number of benzene rings is 2. The summed E-state index contributed by atoms with van der Waals surface area (Å²) in [5.41, 5.74) is 3.88. The lowest BCUT2D eigenvalue weighted by atomic mass is 9.95. The molecule has 1 saturated heterocycles. The number of hydrogen-bond donors (Lipinski definition) is 2. The quantitative estimate of drug-likeness (QED) is 0.664. The molecule has 2 N–H and O–H groups in total. The maximum atomic E-state index is 12.1. The lowest BCUT2D eigenvalue weighted by molar-refractivity contribution is -0.123. The van der Waals surface area contributed by atoms with Gasteiger partial charge >= 0.3 is 0 Å². The number of aromatic nitrogens is 2. The Labute approximate surface area is 168 Å². The van der Waals surface area contributed by atoms with Gasteiger partial charge in [0.15, 0.2) is 6.61 Å². The van der Waals surface area contributed by atoms with E-state index in [2.05, 4.69) is 21.6 Å². The summed E-state index contributed by atoms with van der Waals surface area (Å²) in [5, 5.41) is 11.5. The number of hydrogen-bond acceptors (Lipinski definition) is 5. The van der Waals surface area contributed by atoms with Crippen LogP contribution in [-0.2, 0) is 9.53 Å². The van der Waals surface area contributed by atoms with Gasteiger partial charge in [-0.05, 0) is 54.8 Å². The zero-order valence-corrected chi connectivity index (χ0v) is 16.1. The van der Waals surface area contributed by atoms with Gasteiger partial charge in [0.2, 0.25) is 0 Å². The van der Waals surface area contributed by atoms with Crippen LogP contribution in [0.15, 0.2) is 36.4 Å². The number of carbonyl (C=O) groups excluding carboxylic acids is 1. The molecular weight excluding hydrogens is 370 g/mol. The lowest BCUT2D eigenvalue weighted by Crippen LogP contribution is -2.30. The predicted octanol–water partition coefficient (Wildman–Crippen LogP) is 3.01. The van der Waals surface area contributed by atoms with Crippen molar-refractivity contribution in [3.05, 3.63) is 42.0 Å². The second kappa shape index (κ2) is 7.75. The van der Waals surface area contributed by atoms with Crippen LogP contribution < -0.4 is 14.8 Å². The minimum absolute atomic E-state index is 0.0192. The van der Waals surface area contributed by atoms with Crippen molar-refractivity contribution < 1.29 is 19.0 Å². The third kappa shape index (κ3) is 3.78. The molecule has 1 fully saturated rings. The Balaban J connectivity index is 1.61. The summed E-state index contributed by atoms with van der Waals surface area (Å²) in [5.74, 6) is 1.63. The van der Waals surface area contributed by atoms with Gasteiger partial charge in [0.1, 0.15) is 17.2 Å². The molecule has 7 heteroatoms. The standard InChI is InChI=1S/C22H23N3O4/c26-21-13-29-18-9-15(14-4-7-27-12-14)8-16(10-18)22-19-11-17(28-6-1-5-23-21)2-3-20(19)24-25-22/h2-3,8-11,14H,1,4-7,12-13H2,(H,23,26)(H,24,25). The van der Waals surface area contributed by atoms with E-state index in [1.54, 1.807) is 0 Å². The van der Waals surface area contributed by atoms with E-state index in [1.165, 1.54) is 0 Å². The first-order valence-corrected chi connectivity index (χ1v) is 10.00. The van der Waals surface area contributed by atoms with Gasteiger partial charge in [-0.15, -0.1) is 0 Å². The van der Waals surface area contributed by atoms with Crippen LogP contribution in [0, 0.1) is 0 Å². The van der Waals surface area contributed by atoms with E-state index in [4.69, 9.17) is 14.2 Å². The summed E-state index contributed by atoms with van der Waals surface area (Å²) in [6, 6.07) is 12.0. The number of amides is 1. The van der Waals surface area contributed by atoms with Crippen LogP contribution in [0.4, 0.5) is 0 Å². The third-order valence-electron chi connectivity index (χ3n) is 5.42. The number of rotatable bonds is 1.